The Labute approximate surface area is 164 Å². The summed E-state index contributed by atoms with van der Waals surface area (Å²) in [5.74, 6) is 1.02. The van der Waals surface area contributed by atoms with Gasteiger partial charge in [0.25, 0.3) is 15.9 Å². The molecule has 0 aliphatic heterocycles. The largest absolute Gasteiger partial charge is 0.349 e. The lowest BCUT2D eigenvalue weighted by molar-refractivity contribution is 0.0922. The smallest absolute Gasteiger partial charge is 0.263 e. The average Bonchev–Trinajstić information content (AvgIpc) is 3.25. The van der Waals surface area contributed by atoms with E-state index in [2.05, 4.69) is 10.0 Å². The van der Waals surface area contributed by atoms with Crippen LogP contribution in [-0.4, -0.2) is 20.4 Å². The van der Waals surface area contributed by atoms with Crippen LogP contribution in [0.2, 0.25) is 5.02 Å². The van der Waals surface area contributed by atoms with Gasteiger partial charge in [0, 0.05) is 17.3 Å². The third-order valence-corrected chi connectivity index (χ3v) is 7.43. The van der Waals surface area contributed by atoms with Gasteiger partial charge >= 0.3 is 0 Å². The molecule has 4 rings (SSSR count). The predicted octanol–water partition coefficient (Wildman–Crippen LogP) is 4.06. The Morgan fingerprint density at radius 3 is 2.48 bits per heavy atom. The molecule has 2 aliphatic carbocycles. The molecule has 2 aliphatic rings. The van der Waals surface area contributed by atoms with E-state index < -0.39 is 10.0 Å². The first kappa shape index (κ1) is 18.3. The lowest BCUT2D eigenvalue weighted by Crippen LogP contribution is -2.38. The Balaban J connectivity index is 1.55. The molecule has 3 atom stereocenters. The number of rotatable bonds is 5. The summed E-state index contributed by atoms with van der Waals surface area (Å²) < 4.78 is 27.9. The fourth-order valence-corrected chi connectivity index (χ4v) is 5.83. The van der Waals surface area contributed by atoms with E-state index in [4.69, 9.17) is 11.6 Å². The van der Waals surface area contributed by atoms with E-state index in [-0.39, 0.29) is 21.9 Å². The lowest BCUT2D eigenvalue weighted by Gasteiger charge is -2.23. The fraction of sp³-hybridized carbons (Fsp3) is 0.350. The monoisotopic (exact) mass is 404 g/mol. The number of benzene rings is 2. The summed E-state index contributed by atoms with van der Waals surface area (Å²) in [6, 6.07) is 13.1. The molecule has 7 heteroatoms. The van der Waals surface area contributed by atoms with Crippen molar-refractivity contribution in [3.8, 4) is 0 Å². The highest BCUT2D eigenvalue weighted by atomic mass is 35.5. The van der Waals surface area contributed by atoms with Crippen LogP contribution < -0.4 is 10.0 Å². The maximum atomic E-state index is 12.7. The Kier molecular flexibility index (Phi) is 4.86. The second-order valence-corrected chi connectivity index (χ2v) is 9.43. The number of anilines is 1. The molecule has 5 nitrogen and oxygen atoms in total. The second kappa shape index (κ2) is 7.17. The number of nitrogens with one attached hydrogen (secondary N) is 2. The van der Waals surface area contributed by atoms with Crippen molar-refractivity contribution in [3.05, 3.63) is 59.1 Å². The predicted molar refractivity (Wildman–Crippen MR) is 105 cm³/mol. The molecule has 2 aromatic carbocycles. The molecular weight excluding hydrogens is 384 g/mol. The molecule has 0 saturated heterocycles. The van der Waals surface area contributed by atoms with Crippen LogP contribution in [0.25, 0.3) is 0 Å². The summed E-state index contributed by atoms with van der Waals surface area (Å²) in [5.41, 5.74) is 0.737. The van der Waals surface area contributed by atoms with Crippen LogP contribution in [0.15, 0.2) is 53.4 Å². The maximum absolute atomic E-state index is 12.7. The number of para-hydroxylation sites is 1. The van der Waals surface area contributed by atoms with Crippen LogP contribution in [0.4, 0.5) is 5.69 Å². The Morgan fingerprint density at radius 1 is 1.04 bits per heavy atom. The number of carbonyl (C=O) groups is 1. The minimum Gasteiger partial charge on any atom is -0.349 e. The third kappa shape index (κ3) is 3.82. The Morgan fingerprint density at radius 2 is 1.81 bits per heavy atom. The summed E-state index contributed by atoms with van der Waals surface area (Å²) in [4.78, 5) is 12.6. The zero-order valence-corrected chi connectivity index (χ0v) is 16.3. The molecule has 2 fully saturated rings. The van der Waals surface area contributed by atoms with Crippen molar-refractivity contribution < 1.29 is 13.2 Å². The maximum Gasteiger partial charge on any atom is 0.263 e. The first-order valence-electron chi connectivity index (χ1n) is 9.10. The fourth-order valence-electron chi connectivity index (χ4n) is 4.24. The van der Waals surface area contributed by atoms with Crippen molar-refractivity contribution in [1.82, 2.24) is 5.32 Å². The number of hydrogen-bond donors (Lipinski definition) is 2. The van der Waals surface area contributed by atoms with Crippen molar-refractivity contribution in [3.63, 3.8) is 0 Å². The molecule has 0 radical (unpaired) electrons. The van der Waals surface area contributed by atoms with Gasteiger partial charge in [0.1, 0.15) is 4.90 Å². The molecule has 142 valence electrons. The topological polar surface area (TPSA) is 75.3 Å². The zero-order valence-electron chi connectivity index (χ0n) is 14.7. The Bertz CT molecular complexity index is 962. The molecule has 2 aromatic rings. The summed E-state index contributed by atoms with van der Waals surface area (Å²) in [7, 11) is -3.90. The van der Waals surface area contributed by atoms with Crippen molar-refractivity contribution >= 4 is 33.2 Å². The van der Waals surface area contributed by atoms with Crippen molar-refractivity contribution in [2.45, 2.75) is 36.6 Å². The van der Waals surface area contributed by atoms with Crippen molar-refractivity contribution in [1.29, 1.82) is 0 Å². The van der Waals surface area contributed by atoms with Crippen LogP contribution in [0, 0.1) is 11.8 Å². The van der Waals surface area contributed by atoms with E-state index in [0.29, 0.717) is 17.2 Å². The molecule has 2 saturated carbocycles. The highest BCUT2D eigenvalue weighted by molar-refractivity contribution is 7.92. The molecule has 27 heavy (non-hydrogen) atoms. The van der Waals surface area contributed by atoms with Crippen LogP contribution >= 0.6 is 11.6 Å². The van der Waals surface area contributed by atoms with E-state index in [9.17, 15) is 13.2 Å². The molecule has 0 spiro atoms. The van der Waals surface area contributed by atoms with Gasteiger partial charge in [-0.3, -0.25) is 9.52 Å². The number of fused-ring (bicyclic) bond motifs is 2. The number of carbonyl (C=O) groups excluding carboxylic acids is 1. The van der Waals surface area contributed by atoms with Gasteiger partial charge in [-0.2, -0.15) is 0 Å². The highest BCUT2D eigenvalue weighted by Crippen LogP contribution is 2.44. The minimum atomic E-state index is -3.90. The number of halogens is 1. The summed E-state index contributed by atoms with van der Waals surface area (Å²) in [5, 5.41) is 3.16. The first-order chi connectivity index (χ1) is 12.9. The van der Waals surface area contributed by atoms with Gasteiger partial charge in [0.05, 0.1) is 5.02 Å². The van der Waals surface area contributed by atoms with Gasteiger partial charge in [0.2, 0.25) is 0 Å². The van der Waals surface area contributed by atoms with Crippen molar-refractivity contribution in [2.75, 3.05) is 4.72 Å². The summed E-state index contributed by atoms with van der Waals surface area (Å²) in [6.45, 7) is 0. The van der Waals surface area contributed by atoms with E-state index >= 15 is 0 Å². The molecule has 0 aromatic heterocycles. The Hall–Kier alpha value is -2.05. The quantitative estimate of drug-likeness (QED) is 0.789. The molecule has 0 unspecified atom stereocenters. The molecule has 1 amide bonds. The molecular formula is C20H21ClN2O3S. The number of sulfonamides is 1. The van der Waals surface area contributed by atoms with E-state index in [0.717, 1.165) is 18.8 Å². The first-order valence-corrected chi connectivity index (χ1v) is 11.0. The average molecular weight is 405 g/mol. The van der Waals surface area contributed by atoms with E-state index in [1.165, 1.54) is 25.0 Å². The van der Waals surface area contributed by atoms with Gasteiger partial charge in [-0.1, -0.05) is 36.2 Å². The van der Waals surface area contributed by atoms with Gasteiger partial charge in [-0.05, 0) is 61.4 Å². The third-order valence-electron chi connectivity index (χ3n) is 5.56. The van der Waals surface area contributed by atoms with Gasteiger partial charge in [-0.25, -0.2) is 8.42 Å². The standard InChI is InChI=1S/C20H21ClN2O3S/c21-17-9-8-15(20(24)22-18-11-13-6-7-14(18)10-13)12-19(17)27(25,26)23-16-4-2-1-3-5-16/h1-5,8-9,12-14,18,23H,6-7,10-11H2,(H,22,24)/t13-,14+,18+/m1/s1. The SMILES string of the molecule is O=C(N[C@H]1C[C@@H]2CC[C@H]1C2)c1ccc(Cl)c(S(=O)(=O)Nc2ccccc2)c1. The van der Waals surface area contributed by atoms with Gasteiger partial charge in [-0.15, -0.1) is 0 Å². The second-order valence-electron chi connectivity index (χ2n) is 7.37. The van der Waals surface area contributed by atoms with Crippen LogP contribution in [-0.2, 0) is 10.0 Å². The van der Waals surface area contributed by atoms with Crippen LogP contribution in [0.1, 0.15) is 36.0 Å². The van der Waals surface area contributed by atoms with E-state index in [1.807, 2.05) is 0 Å². The zero-order chi connectivity index (χ0) is 19.0. The van der Waals surface area contributed by atoms with Crippen LogP contribution in [0.5, 0.6) is 0 Å². The minimum absolute atomic E-state index is 0.0786. The highest BCUT2D eigenvalue weighted by Gasteiger charge is 2.40. The normalized spacial score (nSPS) is 24.0. The summed E-state index contributed by atoms with van der Waals surface area (Å²) in [6.07, 6.45) is 4.62. The summed E-state index contributed by atoms with van der Waals surface area (Å²) >= 11 is 6.12. The molecule has 0 heterocycles. The lowest BCUT2D eigenvalue weighted by atomic mass is 9.95. The number of hydrogen-bond acceptors (Lipinski definition) is 3. The van der Waals surface area contributed by atoms with Crippen molar-refractivity contribution in [2.24, 2.45) is 11.8 Å². The van der Waals surface area contributed by atoms with Gasteiger partial charge < -0.3 is 5.32 Å². The molecule has 2 N–H and O–H groups in total. The molecule has 2 bridgehead atoms. The van der Waals surface area contributed by atoms with E-state index in [1.54, 1.807) is 36.4 Å². The van der Waals surface area contributed by atoms with Gasteiger partial charge in [0.15, 0.2) is 0 Å². The van der Waals surface area contributed by atoms with Crippen LogP contribution in [0.3, 0.4) is 0 Å². The number of amides is 1.